The first-order valence-corrected chi connectivity index (χ1v) is 6.24. The zero-order valence-electron chi connectivity index (χ0n) is 9.34. The molecule has 0 heterocycles. The molecule has 0 aromatic carbocycles. The minimum Gasteiger partial charge on any atom is -0.328 e. The van der Waals surface area contributed by atoms with Crippen LogP contribution in [0.3, 0.4) is 0 Å². The summed E-state index contributed by atoms with van der Waals surface area (Å²) in [5.41, 5.74) is 5.88. The van der Waals surface area contributed by atoms with Crippen LogP contribution in [0.4, 0.5) is 0 Å². The highest BCUT2D eigenvalue weighted by Crippen LogP contribution is 2.36. The maximum atomic E-state index is 5.88. The van der Waals surface area contributed by atoms with Crippen molar-refractivity contribution in [2.24, 2.45) is 17.6 Å². The fourth-order valence-corrected chi connectivity index (χ4v) is 2.51. The first-order chi connectivity index (χ1) is 6.75. The van der Waals surface area contributed by atoms with E-state index in [1.807, 2.05) is 0 Å². The van der Waals surface area contributed by atoms with Gasteiger partial charge in [-0.1, -0.05) is 6.92 Å². The molecular formula is C12H24N2. The Morgan fingerprint density at radius 2 is 1.79 bits per heavy atom. The molecule has 2 rings (SSSR count). The summed E-state index contributed by atoms with van der Waals surface area (Å²) in [4.78, 5) is 0. The molecule has 2 saturated carbocycles. The van der Waals surface area contributed by atoms with Gasteiger partial charge < -0.3 is 11.1 Å². The molecule has 0 aromatic rings. The van der Waals surface area contributed by atoms with Crippen LogP contribution in [0.1, 0.15) is 45.4 Å². The van der Waals surface area contributed by atoms with Gasteiger partial charge in [-0.15, -0.1) is 0 Å². The molecule has 0 aliphatic heterocycles. The van der Waals surface area contributed by atoms with Gasteiger partial charge in [-0.05, 0) is 56.9 Å². The third-order valence-electron chi connectivity index (χ3n) is 3.93. The van der Waals surface area contributed by atoms with Gasteiger partial charge in [0.2, 0.25) is 0 Å². The molecule has 82 valence electrons. The molecule has 2 heteroatoms. The van der Waals surface area contributed by atoms with Gasteiger partial charge in [0.05, 0.1) is 0 Å². The van der Waals surface area contributed by atoms with E-state index in [9.17, 15) is 0 Å². The van der Waals surface area contributed by atoms with Crippen LogP contribution >= 0.6 is 0 Å². The highest BCUT2D eigenvalue weighted by Gasteiger charge is 2.28. The van der Waals surface area contributed by atoms with Crippen LogP contribution in [0.2, 0.25) is 0 Å². The second-order valence-electron chi connectivity index (χ2n) is 5.33. The summed E-state index contributed by atoms with van der Waals surface area (Å²) in [5, 5.41) is 3.71. The highest BCUT2D eigenvalue weighted by atomic mass is 14.9. The monoisotopic (exact) mass is 196 g/mol. The van der Waals surface area contributed by atoms with Gasteiger partial charge in [-0.25, -0.2) is 0 Å². The number of hydrogen-bond acceptors (Lipinski definition) is 2. The Bertz CT molecular complexity index is 169. The minimum atomic E-state index is 0.480. The van der Waals surface area contributed by atoms with Crippen molar-refractivity contribution >= 4 is 0 Å². The summed E-state index contributed by atoms with van der Waals surface area (Å²) in [6, 6.07) is 1.24. The molecule has 14 heavy (non-hydrogen) atoms. The van der Waals surface area contributed by atoms with E-state index in [-0.39, 0.29) is 0 Å². The topological polar surface area (TPSA) is 38.0 Å². The molecule has 2 fully saturated rings. The summed E-state index contributed by atoms with van der Waals surface area (Å²) in [7, 11) is 0. The molecule has 1 atom stereocenters. The molecule has 0 bridgehead atoms. The average molecular weight is 196 g/mol. The van der Waals surface area contributed by atoms with Crippen molar-refractivity contribution in [2.75, 3.05) is 6.54 Å². The lowest BCUT2D eigenvalue weighted by Gasteiger charge is -2.28. The molecule has 2 aliphatic carbocycles. The van der Waals surface area contributed by atoms with Crippen LogP contribution in [0.5, 0.6) is 0 Å². The van der Waals surface area contributed by atoms with Gasteiger partial charge in [-0.3, -0.25) is 0 Å². The van der Waals surface area contributed by atoms with E-state index in [4.69, 9.17) is 5.73 Å². The Morgan fingerprint density at radius 1 is 1.14 bits per heavy atom. The van der Waals surface area contributed by atoms with Crippen LogP contribution in [-0.2, 0) is 0 Å². The largest absolute Gasteiger partial charge is 0.328 e. The summed E-state index contributed by atoms with van der Waals surface area (Å²) < 4.78 is 0. The Kier molecular flexibility index (Phi) is 3.45. The van der Waals surface area contributed by atoms with Gasteiger partial charge >= 0.3 is 0 Å². The third kappa shape index (κ3) is 2.96. The maximum absolute atomic E-state index is 5.88. The second-order valence-corrected chi connectivity index (χ2v) is 5.33. The minimum absolute atomic E-state index is 0.480. The third-order valence-corrected chi connectivity index (χ3v) is 3.93. The average Bonchev–Trinajstić information content (AvgIpc) is 3.00. The molecule has 2 aliphatic rings. The zero-order chi connectivity index (χ0) is 9.97. The Morgan fingerprint density at radius 3 is 2.36 bits per heavy atom. The van der Waals surface area contributed by atoms with Crippen LogP contribution in [0, 0.1) is 11.8 Å². The van der Waals surface area contributed by atoms with Crippen molar-refractivity contribution in [3.05, 3.63) is 0 Å². The van der Waals surface area contributed by atoms with E-state index in [1.54, 1.807) is 0 Å². The number of hydrogen-bond donors (Lipinski definition) is 2. The lowest BCUT2D eigenvalue weighted by Crippen LogP contribution is -2.39. The first kappa shape index (κ1) is 10.4. The second kappa shape index (κ2) is 4.63. The van der Waals surface area contributed by atoms with Gasteiger partial charge in [-0.2, -0.15) is 0 Å². The van der Waals surface area contributed by atoms with Crippen LogP contribution < -0.4 is 11.1 Å². The molecule has 1 unspecified atom stereocenters. The molecule has 0 radical (unpaired) electrons. The predicted octanol–water partition coefficient (Wildman–Crippen LogP) is 1.89. The van der Waals surface area contributed by atoms with Crippen molar-refractivity contribution < 1.29 is 0 Å². The van der Waals surface area contributed by atoms with E-state index in [1.165, 1.54) is 45.1 Å². The van der Waals surface area contributed by atoms with E-state index in [2.05, 4.69) is 12.2 Å². The van der Waals surface area contributed by atoms with E-state index in [0.717, 1.165) is 17.9 Å². The van der Waals surface area contributed by atoms with Gasteiger partial charge in [0.15, 0.2) is 0 Å². The fraction of sp³-hybridized carbons (Fsp3) is 1.00. The lowest BCUT2D eigenvalue weighted by molar-refractivity contribution is 0.320. The summed E-state index contributed by atoms with van der Waals surface area (Å²) >= 11 is 0. The first-order valence-electron chi connectivity index (χ1n) is 6.24. The Labute approximate surface area is 87.6 Å². The number of nitrogens with two attached hydrogens (primary N) is 1. The van der Waals surface area contributed by atoms with Crippen molar-refractivity contribution in [1.82, 2.24) is 5.32 Å². The van der Waals surface area contributed by atoms with E-state index in [0.29, 0.717) is 6.04 Å². The van der Waals surface area contributed by atoms with Crippen LogP contribution in [0.25, 0.3) is 0 Å². The van der Waals surface area contributed by atoms with Gasteiger partial charge in [0, 0.05) is 12.1 Å². The fourth-order valence-electron chi connectivity index (χ4n) is 2.51. The molecule has 0 saturated heterocycles. The van der Waals surface area contributed by atoms with E-state index < -0.39 is 0 Å². The number of nitrogens with one attached hydrogen (secondary N) is 1. The quantitative estimate of drug-likeness (QED) is 0.720. The lowest BCUT2D eigenvalue weighted by atomic mass is 9.91. The normalized spacial score (nSPS) is 35.6. The predicted molar refractivity (Wildman–Crippen MR) is 60.1 cm³/mol. The zero-order valence-corrected chi connectivity index (χ0v) is 9.34. The number of rotatable bonds is 4. The van der Waals surface area contributed by atoms with Crippen molar-refractivity contribution in [2.45, 2.75) is 57.5 Å². The SMILES string of the molecule is CC(CNC1CCC(N)CC1)C1CC1. The summed E-state index contributed by atoms with van der Waals surface area (Å²) in [6.07, 6.45) is 7.96. The molecule has 0 amide bonds. The molecular weight excluding hydrogens is 172 g/mol. The Hall–Kier alpha value is -0.0800. The highest BCUT2D eigenvalue weighted by molar-refractivity contribution is 4.83. The summed E-state index contributed by atoms with van der Waals surface area (Å²) in [6.45, 7) is 3.61. The van der Waals surface area contributed by atoms with Crippen LogP contribution in [0.15, 0.2) is 0 Å². The Balaban J connectivity index is 1.60. The van der Waals surface area contributed by atoms with Crippen molar-refractivity contribution in [1.29, 1.82) is 0 Å². The van der Waals surface area contributed by atoms with Gasteiger partial charge in [0.1, 0.15) is 0 Å². The van der Waals surface area contributed by atoms with Crippen molar-refractivity contribution in [3.8, 4) is 0 Å². The molecule has 0 spiro atoms. The standard InChI is InChI=1S/C12H24N2/c1-9(10-2-3-10)8-14-12-6-4-11(13)5-7-12/h9-12,14H,2-8,13H2,1H3. The molecule has 2 nitrogen and oxygen atoms in total. The smallest absolute Gasteiger partial charge is 0.00683 e. The molecule has 0 aromatic heterocycles. The maximum Gasteiger partial charge on any atom is 0.00683 e. The van der Waals surface area contributed by atoms with Crippen molar-refractivity contribution in [3.63, 3.8) is 0 Å². The van der Waals surface area contributed by atoms with E-state index >= 15 is 0 Å². The molecule has 3 N–H and O–H groups in total. The summed E-state index contributed by atoms with van der Waals surface area (Å²) in [5.74, 6) is 1.93. The van der Waals surface area contributed by atoms with Gasteiger partial charge in [0.25, 0.3) is 0 Å². The van der Waals surface area contributed by atoms with Crippen LogP contribution in [-0.4, -0.2) is 18.6 Å².